The maximum atomic E-state index is 14.4. The van der Waals surface area contributed by atoms with Gasteiger partial charge in [-0.25, -0.2) is 4.79 Å². The summed E-state index contributed by atoms with van der Waals surface area (Å²) in [6.07, 6.45) is 1.98. The highest BCUT2D eigenvalue weighted by Gasteiger charge is 2.73. The molecule has 4 rings (SSSR count). The third-order valence-corrected chi connectivity index (χ3v) is 9.75. The Bertz CT molecular complexity index is 936. The van der Waals surface area contributed by atoms with E-state index >= 15 is 0 Å². The Morgan fingerprint density at radius 2 is 1.86 bits per heavy atom. The lowest BCUT2D eigenvalue weighted by molar-refractivity contribution is -0.191. The Morgan fingerprint density at radius 1 is 1.23 bits per heavy atom. The molecule has 0 radical (unpaired) electrons. The van der Waals surface area contributed by atoms with E-state index in [0.717, 1.165) is 0 Å². The lowest BCUT2D eigenvalue weighted by Crippen LogP contribution is -2.66. The molecule has 7 atom stereocenters. The number of ketones is 1. The first-order valence-electron chi connectivity index (χ1n) is 12.8. The van der Waals surface area contributed by atoms with Crippen LogP contribution in [0.5, 0.6) is 0 Å². The van der Waals surface area contributed by atoms with Gasteiger partial charge in [0.15, 0.2) is 17.5 Å². The van der Waals surface area contributed by atoms with Crippen molar-refractivity contribution in [2.24, 2.45) is 28.6 Å². The topological polar surface area (TPSA) is 117 Å². The van der Waals surface area contributed by atoms with Gasteiger partial charge in [0, 0.05) is 32.2 Å². The predicted molar refractivity (Wildman–Crippen MR) is 129 cm³/mol. The van der Waals surface area contributed by atoms with Crippen LogP contribution in [0.1, 0.15) is 53.9 Å². The highest BCUT2D eigenvalue weighted by molar-refractivity contribution is 5.95. The van der Waals surface area contributed by atoms with Gasteiger partial charge in [0.1, 0.15) is 6.10 Å². The molecule has 0 unspecified atom stereocenters. The molecular formula is C27H41NO7. The van der Waals surface area contributed by atoms with Crippen molar-refractivity contribution in [3.8, 4) is 0 Å². The molecule has 35 heavy (non-hydrogen) atoms. The van der Waals surface area contributed by atoms with E-state index in [9.17, 15) is 24.9 Å². The zero-order chi connectivity index (χ0) is 25.9. The van der Waals surface area contributed by atoms with E-state index < -0.39 is 47.3 Å². The molecule has 1 amide bonds. The summed E-state index contributed by atoms with van der Waals surface area (Å²) in [5, 5.41) is 34.2. The number of amides is 1. The van der Waals surface area contributed by atoms with Crippen molar-refractivity contribution in [3.05, 3.63) is 23.3 Å². The van der Waals surface area contributed by atoms with E-state index in [0.29, 0.717) is 38.0 Å². The molecule has 2 fully saturated rings. The first-order valence-corrected chi connectivity index (χ1v) is 12.8. The number of fused-ring (bicyclic) bond motifs is 1. The van der Waals surface area contributed by atoms with Gasteiger partial charge in [-0.1, -0.05) is 39.8 Å². The van der Waals surface area contributed by atoms with Gasteiger partial charge in [-0.3, -0.25) is 4.79 Å². The average molecular weight is 492 g/mol. The van der Waals surface area contributed by atoms with Crippen LogP contribution in [-0.4, -0.2) is 82.8 Å². The number of hydrogen-bond donors (Lipinski definition) is 3. The standard InChI is InChI=1S/C27H41NO7/c1-15-13-26-17(3)11-16(2)25(4,5)20(22(26)31)12-18(14-29)21(30)27(26,33)23(15)35-24(32)28(6)19-7-9-34-10-8-19/h12-13,16-17,19-21,23,29-30,33H,7-11,14H2,1-6H3/t16-,17+,20+,21+,23-,26-,27-/m0/s1. The zero-order valence-electron chi connectivity index (χ0n) is 21.8. The van der Waals surface area contributed by atoms with Crippen LogP contribution in [0.25, 0.3) is 0 Å². The number of Topliss-reactive ketones (excluding diaryl/α,β-unsaturated/α-hetero) is 1. The Morgan fingerprint density at radius 3 is 2.46 bits per heavy atom. The monoisotopic (exact) mass is 491 g/mol. The number of carbonyl (C=O) groups is 2. The highest BCUT2D eigenvalue weighted by atomic mass is 16.6. The molecule has 0 aromatic rings. The van der Waals surface area contributed by atoms with E-state index in [-0.39, 0.29) is 29.2 Å². The number of allylic oxidation sites excluding steroid dienone is 1. The lowest BCUT2D eigenvalue weighted by atomic mass is 9.59. The van der Waals surface area contributed by atoms with Gasteiger partial charge in [0.2, 0.25) is 0 Å². The fourth-order valence-corrected chi connectivity index (χ4v) is 7.06. The van der Waals surface area contributed by atoms with Gasteiger partial charge in [-0.15, -0.1) is 0 Å². The highest BCUT2D eigenvalue weighted by Crippen LogP contribution is 2.62. The number of ether oxygens (including phenoxy) is 2. The van der Waals surface area contributed by atoms with Crippen LogP contribution in [-0.2, 0) is 14.3 Å². The number of carbonyl (C=O) groups excluding carboxylic acids is 2. The molecule has 1 spiro atoms. The second-order valence-electron chi connectivity index (χ2n) is 11.8. The van der Waals surface area contributed by atoms with Crippen LogP contribution in [0.15, 0.2) is 23.3 Å². The van der Waals surface area contributed by atoms with Crippen LogP contribution in [0.2, 0.25) is 0 Å². The molecule has 2 bridgehead atoms. The fraction of sp³-hybridized carbons (Fsp3) is 0.778. The van der Waals surface area contributed by atoms with Crippen molar-refractivity contribution in [2.45, 2.75) is 77.7 Å². The first kappa shape index (κ1) is 26.3. The van der Waals surface area contributed by atoms with Gasteiger partial charge in [0.05, 0.1) is 12.0 Å². The maximum Gasteiger partial charge on any atom is 0.410 e. The van der Waals surface area contributed by atoms with Crippen LogP contribution < -0.4 is 0 Å². The largest absolute Gasteiger partial charge is 0.438 e. The molecular weight excluding hydrogens is 450 g/mol. The van der Waals surface area contributed by atoms with E-state index in [2.05, 4.69) is 6.92 Å². The number of hydrogen-bond acceptors (Lipinski definition) is 7. The third-order valence-electron chi connectivity index (χ3n) is 9.75. The lowest BCUT2D eigenvalue weighted by Gasteiger charge is -2.48. The molecule has 8 nitrogen and oxygen atoms in total. The zero-order valence-corrected chi connectivity index (χ0v) is 21.8. The minimum atomic E-state index is -2.14. The summed E-state index contributed by atoms with van der Waals surface area (Å²) in [5.41, 5.74) is -3.34. The molecule has 1 saturated carbocycles. The van der Waals surface area contributed by atoms with Crippen molar-refractivity contribution in [1.82, 2.24) is 4.90 Å². The second kappa shape index (κ2) is 8.98. The van der Waals surface area contributed by atoms with Crippen LogP contribution in [0, 0.1) is 28.6 Å². The van der Waals surface area contributed by atoms with E-state index in [4.69, 9.17) is 9.47 Å². The normalized spacial score (nSPS) is 41.3. The molecule has 1 saturated heterocycles. The predicted octanol–water partition coefficient (Wildman–Crippen LogP) is 2.46. The van der Waals surface area contributed by atoms with Gasteiger partial charge < -0.3 is 29.7 Å². The van der Waals surface area contributed by atoms with E-state index in [1.165, 1.54) is 4.90 Å². The van der Waals surface area contributed by atoms with Crippen LogP contribution in [0.3, 0.4) is 0 Å². The van der Waals surface area contributed by atoms with Gasteiger partial charge >= 0.3 is 6.09 Å². The molecule has 8 heteroatoms. The number of nitrogens with zero attached hydrogens (tertiary/aromatic N) is 1. The van der Waals surface area contributed by atoms with Crippen molar-refractivity contribution in [2.75, 3.05) is 26.9 Å². The fourth-order valence-electron chi connectivity index (χ4n) is 7.06. The minimum absolute atomic E-state index is 0.0537. The summed E-state index contributed by atoms with van der Waals surface area (Å²) in [4.78, 5) is 29.2. The van der Waals surface area contributed by atoms with Gasteiger partial charge in [-0.05, 0) is 54.6 Å². The third kappa shape index (κ3) is 3.63. The van der Waals surface area contributed by atoms with Gasteiger partial charge in [-0.2, -0.15) is 0 Å². The quantitative estimate of drug-likeness (QED) is 0.519. The van der Waals surface area contributed by atoms with Crippen molar-refractivity contribution in [3.63, 3.8) is 0 Å². The Labute approximate surface area is 208 Å². The summed E-state index contributed by atoms with van der Waals surface area (Å²) in [6.45, 7) is 10.4. The summed E-state index contributed by atoms with van der Waals surface area (Å²) < 4.78 is 11.3. The Kier molecular flexibility index (Phi) is 6.75. The van der Waals surface area contributed by atoms with Gasteiger partial charge in [0.25, 0.3) is 0 Å². The molecule has 0 aromatic carbocycles. The maximum absolute atomic E-state index is 14.4. The summed E-state index contributed by atoms with van der Waals surface area (Å²) in [5.74, 6) is -1.000. The average Bonchev–Trinajstić information content (AvgIpc) is 3.00. The van der Waals surface area contributed by atoms with Crippen molar-refractivity contribution < 1.29 is 34.4 Å². The molecule has 3 N–H and O–H groups in total. The summed E-state index contributed by atoms with van der Waals surface area (Å²) in [7, 11) is 1.66. The summed E-state index contributed by atoms with van der Waals surface area (Å²) in [6, 6.07) is -0.0537. The van der Waals surface area contributed by atoms with Crippen molar-refractivity contribution in [1.29, 1.82) is 0 Å². The number of rotatable bonds is 3. The van der Waals surface area contributed by atoms with E-state index in [1.54, 1.807) is 26.1 Å². The number of aliphatic hydroxyl groups is 3. The smallest absolute Gasteiger partial charge is 0.410 e. The van der Waals surface area contributed by atoms with E-state index in [1.807, 2.05) is 20.8 Å². The van der Waals surface area contributed by atoms with Crippen molar-refractivity contribution >= 4 is 11.9 Å². The molecule has 1 heterocycles. The van der Waals surface area contributed by atoms with Crippen LogP contribution in [0.4, 0.5) is 4.79 Å². The Balaban J connectivity index is 1.80. The first-order chi connectivity index (χ1) is 16.3. The number of aliphatic hydroxyl groups excluding tert-OH is 2. The second-order valence-corrected chi connectivity index (χ2v) is 11.8. The summed E-state index contributed by atoms with van der Waals surface area (Å²) >= 11 is 0. The minimum Gasteiger partial charge on any atom is -0.438 e. The molecule has 196 valence electrons. The Hall–Kier alpha value is -1.74. The van der Waals surface area contributed by atoms with Crippen LogP contribution >= 0.6 is 0 Å². The SMILES string of the molecule is CC1=C[C@]23C(=O)[C@@H](C=C(CO)[C@@H](O)[C@]2(O)[C@H]1OC(=O)N(C)C1CCOCC1)C(C)(C)[C@@H](C)C[C@H]3C. The molecule has 0 aromatic heterocycles. The molecule has 3 aliphatic carbocycles. The molecule has 4 aliphatic rings. The molecule has 1 aliphatic heterocycles.